The van der Waals surface area contributed by atoms with Crippen molar-refractivity contribution in [3.05, 3.63) is 34.9 Å². The molecule has 9 heteroatoms. The Bertz CT molecular complexity index is 627. The van der Waals surface area contributed by atoms with E-state index >= 15 is 0 Å². The predicted octanol–water partition coefficient (Wildman–Crippen LogP) is 2.83. The van der Waals surface area contributed by atoms with Crippen LogP contribution >= 0.6 is 35.6 Å². The third-order valence-electron chi connectivity index (χ3n) is 4.21. The molecule has 1 saturated heterocycles. The summed E-state index contributed by atoms with van der Waals surface area (Å²) >= 11 is 6.03. The molecule has 1 aliphatic heterocycles. The fraction of sp³-hybridized carbons (Fsp3) is 0.600. The van der Waals surface area contributed by atoms with Gasteiger partial charge < -0.3 is 25.4 Å². The van der Waals surface area contributed by atoms with E-state index in [9.17, 15) is 4.79 Å². The van der Waals surface area contributed by atoms with Crippen LogP contribution in [-0.2, 0) is 9.47 Å². The molecule has 1 aromatic carbocycles. The number of carbonyl (C=O) groups excluding carboxylic acids is 1. The van der Waals surface area contributed by atoms with E-state index in [1.165, 1.54) is 0 Å². The summed E-state index contributed by atoms with van der Waals surface area (Å²) in [7, 11) is 0. The molecule has 0 aromatic heterocycles. The lowest BCUT2D eigenvalue weighted by Crippen LogP contribution is -2.41. The first kappa shape index (κ1) is 25.9. The van der Waals surface area contributed by atoms with Gasteiger partial charge in [-0.25, -0.2) is 0 Å². The first-order valence-corrected chi connectivity index (χ1v) is 10.3. The van der Waals surface area contributed by atoms with Gasteiger partial charge in [0.1, 0.15) is 0 Å². The number of hydrogen-bond donors (Lipinski definition) is 3. The third kappa shape index (κ3) is 10.5. The topological polar surface area (TPSA) is 84.0 Å². The number of aliphatic imine (C=N–C) groups is 1. The van der Waals surface area contributed by atoms with Gasteiger partial charge in [0.05, 0.1) is 23.3 Å². The monoisotopic (exact) mass is 538 g/mol. The summed E-state index contributed by atoms with van der Waals surface area (Å²) in [5.41, 5.74) is 0.479. The maximum absolute atomic E-state index is 12.1. The molecule has 1 amide bonds. The number of halogens is 2. The molecule has 2 rings (SSSR count). The number of amides is 1. The first-order chi connectivity index (χ1) is 13.7. The Kier molecular flexibility index (Phi) is 14.0. The zero-order valence-electron chi connectivity index (χ0n) is 16.9. The van der Waals surface area contributed by atoms with Crippen molar-refractivity contribution in [1.82, 2.24) is 16.0 Å². The first-order valence-electron chi connectivity index (χ1n) is 9.95. The Balaban J connectivity index is 0.00000420. The molecule has 0 spiro atoms. The second-order valence-electron chi connectivity index (χ2n) is 6.49. The smallest absolute Gasteiger partial charge is 0.252 e. The number of nitrogens with one attached hydrogen (secondary N) is 3. The molecule has 0 aliphatic carbocycles. The number of guanidine groups is 1. The Morgan fingerprint density at radius 1 is 1.28 bits per heavy atom. The molecule has 0 radical (unpaired) electrons. The van der Waals surface area contributed by atoms with Crippen LogP contribution in [0.1, 0.15) is 36.5 Å². The highest BCUT2D eigenvalue weighted by atomic mass is 127. The van der Waals surface area contributed by atoms with Crippen LogP contribution in [0.2, 0.25) is 5.02 Å². The Morgan fingerprint density at radius 2 is 2.07 bits per heavy atom. The summed E-state index contributed by atoms with van der Waals surface area (Å²) in [5, 5.41) is 9.70. The Morgan fingerprint density at radius 3 is 2.79 bits per heavy atom. The quantitative estimate of drug-likeness (QED) is 0.175. The summed E-state index contributed by atoms with van der Waals surface area (Å²) in [6, 6.07) is 7.00. The molecule has 1 unspecified atom stereocenters. The molecular formula is C20H32ClIN4O3. The van der Waals surface area contributed by atoms with Gasteiger partial charge in [-0.15, -0.1) is 24.0 Å². The maximum atomic E-state index is 12.1. The molecule has 3 N–H and O–H groups in total. The minimum atomic E-state index is -0.183. The largest absolute Gasteiger partial charge is 0.379 e. The van der Waals surface area contributed by atoms with E-state index in [0.717, 1.165) is 38.4 Å². The van der Waals surface area contributed by atoms with Gasteiger partial charge in [-0.2, -0.15) is 0 Å². The Labute approximate surface area is 195 Å². The van der Waals surface area contributed by atoms with E-state index in [-0.39, 0.29) is 36.0 Å². The molecule has 1 heterocycles. The summed E-state index contributed by atoms with van der Waals surface area (Å²) in [6.07, 6.45) is 3.35. The number of rotatable bonds is 11. The molecule has 1 atom stereocenters. The van der Waals surface area contributed by atoms with E-state index in [0.29, 0.717) is 43.4 Å². The number of hydrogen-bond acceptors (Lipinski definition) is 4. The van der Waals surface area contributed by atoms with Crippen molar-refractivity contribution in [2.75, 3.05) is 46.0 Å². The van der Waals surface area contributed by atoms with Crippen LogP contribution in [0.4, 0.5) is 0 Å². The van der Waals surface area contributed by atoms with Crippen molar-refractivity contribution in [1.29, 1.82) is 0 Å². The van der Waals surface area contributed by atoms with Crippen LogP contribution in [0.15, 0.2) is 29.3 Å². The highest BCUT2D eigenvalue weighted by molar-refractivity contribution is 14.0. The van der Waals surface area contributed by atoms with Crippen LogP contribution in [0, 0.1) is 0 Å². The lowest BCUT2D eigenvalue weighted by Gasteiger charge is -2.12. The van der Waals surface area contributed by atoms with Gasteiger partial charge in [-0.3, -0.25) is 9.79 Å². The second-order valence-corrected chi connectivity index (χ2v) is 6.89. The highest BCUT2D eigenvalue weighted by Crippen LogP contribution is 2.14. The van der Waals surface area contributed by atoms with Gasteiger partial charge >= 0.3 is 0 Å². The van der Waals surface area contributed by atoms with E-state index in [1.807, 2.05) is 6.92 Å². The van der Waals surface area contributed by atoms with Crippen LogP contribution in [-0.4, -0.2) is 64.0 Å². The highest BCUT2D eigenvalue weighted by Gasteiger charge is 2.14. The van der Waals surface area contributed by atoms with Crippen molar-refractivity contribution in [3.63, 3.8) is 0 Å². The molecule has 7 nitrogen and oxygen atoms in total. The van der Waals surface area contributed by atoms with Gasteiger partial charge in [-0.1, -0.05) is 23.7 Å². The number of carbonyl (C=O) groups is 1. The van der Waals surface area contributed by atoms with Crippen molar-refractivity contribution < 1.29 is 14.3 Å². The summed E-state index contributed by atoms with van der Waals surface area (Å²) in [5.74, 6) is 0.548. The predicted molar refractivity (Wildman–Crippen MR) is 128 cm³/mol. The van der Waals surface area contributed by atoms with Crippen LogP contribution in [0.5, 0.6) is 0 Å². The average Bonchev–Trinajstić information content (AvgIpc) is 3.21. The normalized spacial score (nSPS) is 16.2. The van der Waals surface area contributed by atoms with Crippen molar-refractivity contribution in [3.8, 4) is 0 Å². The van der Waals surface area contributed by atoms with E-state index < -0.39 is 0 Å². The van der Waals surface area contributed by atoms with E-state index in [4.69, 9.17) is 21.1 Å². The molecule has 0 bridgehead atoms. The molecule has 1 fully saturated rings. The van der Waals surface area contributed by atoms with E-state index in [1.54, 1.807) is 24.3 Å². The van der Waals surface area contributed by atoms with Gasteiger partial charge in [0.2, 0.25) is 0 Å². The lowest BCUT2D eigenvalue weighted by molar-refractivity contribution is 0.0171. The van der Waals surface area contributed by atoms with Gasteiger partial charge in [0.25, 0.3) is 5.91 Å². The Hall–Kier alpha value is -1.10. The molecule has 0 saturated carbocycles. The molecule has 164 valence electrons. The number of nitrogens with zero attached hydrogens (tertiary/aromatic N) is 1. The minimum Gasteiger partial charge on any atom is -0.379 e. The van der Waals surface area contributed by atoms with Crippen molar-refractivity contribution in [2.45, 2.75) is 32.3 Å². The van der Waals surface area contributed by atoms with Crippen LogP contribution in [0.25, 0.3) is 0 Å². The van der Waals surface area contributed by atoms with E-state index in [2.05, 4.69) is 20.9 Å². The van der Waals surface area contributed by atoms with Gasteiger partial charge in [0, 0.05) is 39.4 Å². The average molecular weight is 539 g/mol. The van der Waals surface area contributed by atoms with Crippen LogP contribution < -0.4 is 16.0 Å². The SMILES string of the molecule is CCNC(=NCCCOCC1CCCO1)NCCNC(=O)c1ccccc1Cl.I. The van der Waals surface area contributed by atoms with Crippen molar-refractivity contribution >= 4 is 47.4 Å². The fourth-order valence-electron chi connectivity index (χ4n) is 2.79. The molecule has 1 aromatic rings. The molecule has 1 aliphatic rings. The fourth-order valence-corrected chi connectivity index (χ4v) is 3.01. The van der Waals surface area contributed by atoms with Crippen molar-refractivity contribution in [2.24, 2.45) is 4.99 Å². The standard InChI is InChI=1S/C20H31ClN4O3.HI/c1-2-22-20(24-10-6-13-27-15-16-7-5-14-28-16)25-12-11-23-19(26)17-8-3-4-9-18(17)21;/h3-4,8-9,16H,2,5-7,10-15H2,1H3,(H,23,26)(H2,22,24,25);1H. The second kappa shape index (κ2) is 15.7. The third-order valence-corrected chi connectivity index (χ3v) is 4.54. The summed E-state index contributed by atoms with van der Waals surface area (Å²) < 4.78 is 11.2. The zero-order chi connectivity index (χ0) is 20.0. The maximum Gasteiger partial charge on any atom is 0.252 e. The van der Waals surface area contributed by atoms with Gasteiger partial charge in [-0.05, 0) is 38.3 Å². The number of ether oxygens (including phenoxy) is 2. The molecular weight excluding hydrogens is 507 g/mol. The van der Waals surface area contributed by atoms with Gasteiger partial charge in [0.15, 0.2) is 5.96 Å². The van der Waals surface area contributed by atoms with Crippen LogP contribution in [0.3, 0.4) is 0 Å². The lowest BCUT2D eigenvalue weighted by atomic mass is 10.2. The minimum absolute atomic E-state index is 0. The summed E-state index contributed by atoms with van der Waals surface area (Å²) in [6.45, 7) is 6.70. The molecule has 29 heavy (non-hydrogen) atoms. The summed E-state index contributed by atoms with van der Waals surface area (Å²) in [4.78, 5) is 16.6. The number of benzene rings is 1. The zero-order valence-corrected chi connectivity index (χ0v) is 20.0.